The van der Waals surface area contributed by atoms with Crippen LogP contribution < -0.4 is 15.2 Å². The molecule has 1 amide bonds. The van der Waals surface area contributed by atoms with Gasteiger partial charge < -0.3 is 19.1 Å². The van der Waals surface area contributed by atoms with Gasteiger partial charge in [-0.15, -0.1) is 0 Å². The average Bonchev–Trinajstić information content (AvgIpc) is 3.22. The van der Waals surface area contributed by atoms with Crippen molar-refractivity contribution in [3.8, 4) is 5.75 Å². The lowest BCUT2D eigenvalue weighted by atomic mass is 10.0. The molecule has 142 valence electrons. The molecule has 2 fully saturated rings. The van der Waals surface area contributed by atoms with E-state index in [0.717, 1.165) is 18.9 Å². The van der Waals surface area contributed by atoms with E-state index in [2.05, 4.69) is 9.88 Å². The number of hydrogen-bond acceptors (Lipinski definition) is 5. The van der Waals surface area contributed by atoms with Gasteiger partial charge >= 0.3 is 0 Å². The highest BCUT2D eigenvalue weighted by atomic mass is 35.5. The van der Waals surface area contributed by atoms with Gasteiger partial charge in [0.15, 0.2) is 0 Å². The molecule has 2 saturated heterocycles. The van der Waals surface area contributed by atoms with Crippen molar-refractivity contribution in [2.24, 2.45) is 18.9 Å². The number of methoxy groups -OCH3 is 1. The molecular formula is C19H21ClN4O3. The molecule has 0 saturated carbocycles. The molecule has 2 aromatic rings. The second-order valence-electron chi connectivity index (χ2n) is 7.17. The van der Waals surface area contributed by atoms with Gasteiger partial charge in [-0.2, -0.15) is 0 Å². The number of ether oxygens (including phenoxy) is 1. The van der Waals surface area contributed by atoms with E-state index in [0.29, 0.717) is 41.3 Å². The van der Waals surface area contributed by atoms with Crippen LogP contribution in [0.5, 0.6) is 5.75 Å². The molecule has 4 heterocycles. The number of anilines is 1. The third kappa shape index (κ3) is 3.27. The minimum atomic E-state index is -0.201. The van der Waals surface area contributed by atoms with Gasteiger partial charge in [-0.1, -0.05) is 11.6 Å². The van der Waals surface area contributed by atoms with Crippen molar-refractivity contribution in [3.05, 3.63) is 51.5 Å². The van der Waals surface area contributed by atoms with E-state index < -0.39 is 0 Å². The molecule has 2 atom stereocenters. The Balaban J connectivity index is 1.47. The van der Waals surface area contributed by atoms with Crippen LogP contribution in [0.1, 0.15) is 10.4 Å². The van der Waals surface area contributed by atoms with Crippen molar-refractivity contribution in [3.63, 3.8) is 0 Å². The summed E-state index contributed by atoms with van der Waals surface area (Å²) in [6.07, 6.45) is 3.22. The van der Waals surface area contributed by atoms with Crippen molar-refractivity contribution < 1.29 is 9.53 Å². The van der Waals surface area contributed by atoms with Crippen molar-refractivity contribution in [2.75, 3.05) is 38.2 Å². The number of halogens is 1. The van der Waals surface area contributed by atoms with Crippen LogP contribution in [0.3, 0.4) is 0 Å². The molecule has 0 aromatic carbocycles. The van der Waals surface area contributed by atoms with Gasteiger partial charge in [0.25, 0.3) is 11.5 Å². The van der Waals surface area contributed by atoms with Gasteiger partial charge in [0.2, 0.25) is 0 Å². The number of carbonyl (C=O) groups is 1. The predicted octanol–water partition coefficient (Wildman–Crippen LogP) is 1.65. The Labute approximate surface area is 162 Å². The first-order chi connectivity index (χ1) is 13.0. The first kappa shape index (κ1) is 17.9. The highest BCUT2D eigenvalue weighted by Crippen LogP contribution is 2.34. The summed E-state index contributed by atoms with van der Waals surface area (Å²) in [7, 11) is 3.11. The Bertz CT molecular complexity index is 914. The second-order valence-corrected chi connectivity index (χ2v) is 7.61. The number of aromatic nitrogens is 2. The van der Waals surface area contributed by atoms with Crippen molar-refractivity contribution in [1.29, 1.82) is 0 Å². The fourth-order valence-corrected chi connectivity index (χ4v) is 4.13. The van der Waals surface area contributed by atoms with Gasteiger partial charge in [-0.25, -0.2) is 4.98 Å². The van der Waals surface area contributed by atoms with Crippen molar-refractivity contribution in [2.45, 2.75) is 0 Å². The summed E-state index contributed by atoms with van der Waals surface area (Å²) in [5.74, 6) is 1.97. The summed E-state index contributed by atoms with van der Waals surface area (Å²) in [4.78, 5) is 33.3. The van der Waals surface area contributed by atoms with E-state index in [9.17, 15) is 9.59 Å². The lowest BCUT2D eigenvalue weighted by Gasteiger charge is -2.23. The first-order valence-electron chi connectivity index (χ1n) is 8.86. The largest absolute Gasteiger partial charge is 0.496 e. The molecule has 8 heteroatoms. The number of nitrogens with zero attached hydrogens (tertiary/aromatic N) is 4. The number of pyridine rings is 2. The number of aryl methyl sites for hydroxylation is 1. The van der Waals surface area contributed by atoms with Crippen LogP contribution in [0.4, 0.5) is 5.82 Å². The summed E-state index contributed by atoms with van der Waals surface area (Å²) in [5, 5.41) is 0.626. The standard InChI is InChI=1S/C19H21ClN4O3/c1-22-11-15(16(27-2)5-18(22)25)19(26)24-9-12-7-23(8-13(12)10-24)17-4-3-14(20)6-21-17/h3-6,11-13H,7-10H2,1-2H3. The van der Waals surface area contributed by atoms with Crippen LogP contribution in [-0.2, 0) is 7.05 Å². The number of rotatable bonds is 3. The summed E-state index contributed by atoms with van der Waals surface area (Å²) in [5.41, 5.74) is 0.226. The summed E-state index contributed by atoms with van der Waals surface area (Å²) in [6.45, 7) is 3.13. The minimum Gasteiger partial charge on any atom is -0.496 e. The molecule has 27 heavy (non-hydrogen) atoms. The Morgan fingerprint density at radius 2 is 1.93 bits per heavy atom. The zero-order chi connectivity index (χ0) is 19.1. The fourth-order valence-electron chi connectivity index (χ4n) is 4.01. The summed E-state index contributed by atoms with van der Waals surface area (Å²) >= 11 is 5.92. The molecule has 4 rings (SSSR count). The molecule has 7 nitrogen and oxygen atoms in total. The minimum absolute atomic E-state index is 0.0898. The smallest absolute Gasteiger partial charge is 0.259 e. The molecule has 0 radical (unpaired) electrons. The van der Waals surface area contributed by atoms with Gasteiger partial charge in [-0.05, 0) is 12.1 Å². The van der Waals surface area contributed by atoms with Crippen LogP contribution in [-0.4, -0.2) is 53.6 Å². The van der Waals surface area contributed by atoms with Gasteiger partial charge in [0, 0.05) is 63.5 Å². The molecule has 2 aliphatic rings. The Morgan fingerprint density at radius 1 is 1.22 bits per heavy atom. The highest BCUT2D eigenvalue weighted by Gasteiger charge is 2.42. The van der Waals surface area contributed by atoms with E-state index in [-0.39, 0.29) is 11.5 Å². The van der Waals surface area contributed by atoms with Gasteiger partial charge in [-0.3, -0.25) is 9.59 Å². The maximum Gasteiger partial charge on any atom is 0.259 e. The SMILES string of the molecule is COc1cc(=O)n(C)cc1C(=O)N1CC2CN(c3ccc(Cl)cn3)CC2C1. The number of likely N-dealkylation sites (tertiary alicyclic amines) is 1. The van der Waals surface area contributed by atoms with Gasteiger partial charge in [0.05, 0.1) is 17.7 Å². The molecule has 0 aliphatic carbocycles. The van der Waals surface area contributed by atoms with E-state index in [1.54, 1.807) is 19.4 Å². The second kappa shape index (κ2) is 6.88. The van der Waals surface area contributed by atoms with Crippen LogP contribution >= 0.6 is 11.6 Å². The van der Waals surface area contributed by atoms with E-state index >= 15 is 0 Å². The molecule has 2 aromatic heterocycles. The van der Waals surface area contributed by atoms with Crippen LogP contribution in [0.15, 0.2) is 35.4 Å². The maximum absolute atomic E-state index is 13.0. The van der Waals surface area contributed by atoms with Crippen molar-refractivity contribution >= 4 is 23.3 Å². The molecule has 0 spiro atoms. The number of carbonyl (C=O) groups excluding carboxylic acids is 1. The summed E-state index contributed by atoms with van der Waals surface area (Å²) in [6, 6.07) is 5.14. The summed E-state index contributed by atoms with van der Waals surface area (Å²) < 4.78 is 6.66. The monoisotopic (exact) mass is 388 g/mol. The molecule has 2 unspecified atom stereocenters. The highest BCUT2D eigenvalue weighted by molar-refractivity contribution is 6.30. The van der Waals surface area contributed by atoms with Crippen molar-refractivity contribution in [1.82, 2.24) is 14.5 Å². The topological polar surface area (TPSA) is 67.7 Å². The predicted molar refractivity (Wildman–Crippen MR) is 103 cm³/mol. The van der Waals surface area contributed by atoms with Crippen LogP contribution in [0, 0.1) is 11.8 Å². The number of hydrogen-bond donors (Lipinski definition) is 0. The Morgan fingerprint density at radius 3 is 2.52 bits per heavy atom. The lowest BCUT2D eigenvalue weighted by molar-refractivity contribution is 0.0778. The fraction of sp³-hybridized carbons (Fsp3) is 0.421. The van der Waals surface area contributed by atoms with E-state index in [4.69, 9.17) is 16.3 Å². The lowest BCUT2D eigenvalue weighted by Crippen LogP contribution is -2.34. The normalized spacial score (nSPS) is 21.4. The zero-order valence-corrected chi connectivity index (χ0v) is 16.0. The third-order valence-corrected chi connectivity index (χ3v) is 5.67. The first-order valence-corrected chi connectivity index (χ1v) is 9.24. The molecule has 0 bridgehead atoms. The van der Waals surface area contributed by atoms with E-state index in [1.807, 2.05) is 17.0 Å². The number of amides is 1. The molecular weight excluding hydrogens is 368 g/mol. The van der Waals surface area contributed by atoms with E-state index in [1.165, 1.54) is 17.7 Å². The zero-order valence-electron chi connectivity index (χ0n) is 15.3. The molecule has 2 aliphatic heterocycles. The Kier molecular flexibility index (Phi) is 4.55. The maximum atomic E-state index is 13.0. The van der Waals surface area contributed by atoms with Crippen LogP contribution in [0.25, 0.3) is 0 Å². The Hall–Kier alpha value is -2.54. The number of fused-ring (bicyclic) bond motifs is 1. The quantitative estimate of drug-likeness (QED) is 0.799. The third-order valence-electron chi connectivity index (χ3n) is 5.45. The molecule has 0 N–H and O–H groups in total. The van der Waals surface area contributed by atoms with Gasteiger partial charge in [0.1, 0.15) is 11.6 Å². The average molecular weight is 389 g/mol. The van der Waals surface area contributed by atoms with Crippen LogP contribution in [0.2, 0.25) is 5.02 Å².